The van der Waals surface area contributed by atoms with Crippen molar-refractivity contribution >= 4 is 40.7 Å². The highest BCUT2D eigenvalue weighted by molar-refractivity contribution is 8.00. The summed E-state index contributed by atoms with van der Waals surface area (Å²) in [5.41, 5.74) is 6.09. The van der Waals surface area contributed by atoms with Gasteiger partial charge in [-0.15, -0.1) is 23.1 Å². The second kappa shape index (κ2) is 9.09. The van der Waals surface area contributed by atoms with Gasteiger partial charge in [0.05, 0.1) is 18.2 Å². The van der Waals surface area contributed by atoms with Gasteiger partial charge in [-0.3, -0.25) is 4.79 Å². The molecule has 26 heavy (non-hydrogen) atoms. The minimum Gasteiger partial charge on any atom is -0.352 e. The maximum atomic E-state index is 12.6. The number of nitrogens with two attached hydrogens (primary N) is 1. The molecule has 3 amide bonds. The second-order valence-electron chi connectivity index (χ2n) is 6.35. The van der Waals surface area contributed by atoms with Crippen LogP contribution < -0.4 is 16.4 Å². The van der Waals surface area contributed by atoms with Crippen LogP contribution in [0.25, 0.3) is 0 Å². The van der Waals surface area contributed by atoms with Crippen molar-refractivity contribution in [1.82, 2.24) is 5.32 Å². The molecule has 138 valence electrons. The van der Waals surface area contributed by atoms with Crippen LogP contribution in [0.2, 0.25) is 0 Å². The molecule has 7 heteroatoms. The summed E-state index contributed by atoms with van der Waals surface area (Å²) in [6.45, 7) is 0. The van der Waals surface area contributed by atoms with Gasteiger partial charge in [0.25, 0.3) is 0 Å². The summed E-state index contributed by atoms with van der Waals surface area (Å²) >= 11 is 3.34. The first-order valence-corrected chi connectivity index (χ1v) is 10.5. The van der Waals surface area contributed by atoms with Crippen molar-refractivity contribution in [2.24, 2.45) is 5.73 Å². The SMILES string of the molecule is NC(=O)NC(CC(=O)Nc1ccccc1SC1CCCC1)c1cccs1. The quantitative estimate of drug-likeness (QED) is 0.651. The Hall–Kier alpha value is -1.99. The molecular formula is C19H23N3O2S2. The Balaban J connectivity index is 1.66. The van der Waals surface area contributed by atoms with Crippen LogP contribution in [0.5, 0.6) is 0 Å². The zero-order valence-corrected chi connectivity index (χ0v) is 16.1. The number of urea groups is 1. The van der Waals surface area contributed by atoms with E-state index in [1.807, 2.05) is 47.5 Å². The van der Waals surface area contributed by atoms with Gasteiger partial charge in [0.2, 0.25) is 5.91 Å². The van der Waals surface area contributed by atoms with Crippen molar-refractivity contribution in [3.8, 4) is 0 Å². The fraction of sp³-hybridized carbons (Fsp3) is 0.368. The van der Waals surface area contributed by atoms with Crippen LogP contribution in [0.4, 0.5) is 10.5 Å². The van der Waals surface area contributed by atoms with E-state index in [1.54, 1.807) is 0 Å². The molecule has 0 aliphatic heterocycles. The van der Waals surface area contributed by atoms with Gasteiger partial charge in [0, 0.05) is 15.0 Å². The average Bonchev–Trinajstić information content (AvgIpc) is 3.29. The summed E-state index contributed by atoms with van der Waals surface area (Å²) in [5, 5.41) is 8.20. The highest BCUT2D eigenvalue weighted by Crippen LogP contribution is 2.38. The molecule has 4 N–H and O–H groups in total. The number of hydrogen-bond donors (Lipinski definition) is 3. The molecule has 3 rings (SSSR count). The smallest absolute Gasteiger partial charge is 0.312 e. The summed E-state index contributed by atoms with van der Waals surface area (Å²) in [6, 6.07) is 10.6. The Bertz CT molecular complexity index is 743. The molecule has 2 aromatic rings. The number of thioether (sulfide) groups is 1. The lowest BCUT2D eigenvalue weighted by molar-refractivity contribution is -0.116. The van der Waals surface area contributed by atoms with Crippen LogP contribution in [-0.4, -0.2) is 17.2 Å². The van der Waals surface area contributed by atoms with Gasteiger partial charge in [0.15, 0.2) is 0 Å². The van der Waals surface area contributed by atoms with Gasteiger partial charge < -0.3 is 16.4 Å². The van der Waals surface area contributed by atoms with Crippen molar-refractivity contribution in [3.63, 3.8) is 0 Å². The maximum absolute atomic E-state index is 12.6. The molecule has 5 nitrogen and oxygen atoms in total. The monoisotopic (exact) mass is 389 g/mol. The number of thiophene rings is 1. The van der Waals surface area contributed by atoms with Gasteiger partial charge in [0.1, 0.15) is 0 Å². The fourth-order valence-electron chi connectivity index (χ4n) is 3.13. The number of anilines is 1. The van der Waals surface area contributed by atoms with Crippen LogP contribution >= 0.6 is 23.1 Å². The topological polar surface area (TPSA) is 84.2 Å². The number of carbonyl (C=O) groups excluding carboxylic acids is 2. The highest BCUT2D eigenvalue weighted by atomic mass is 32.2. The average molecular weight is 390 g/mol. The normalized spacial score (nSPS) is 15.5. The first-order chi connectivity index (χ1) is 12.6. The van der Waals surface area contributed by atoms with E-state index in [2.05, 4.69) is 16.7 Å². The summed E-state index contributed by atoms with van der Waals surface area (Å²) in [4.78, 5) is 25.9. The second-order valence-corrected chi connectivity index (χ2v) is 8.67. The molecule has 1 aliphatic carbocycles. The van der Waals surface area contributed by atoms with E-state index in [0.29, 0.717) is 5.25 Å². The van der Waals surface area contributed by atoms with Crippen molar-refractivity contribution in [2.75, 3.05) is 5.32 Å². The van der Waals surface area contributed by atoms with E-state index < -0.39 is 12.1 Å². The van der Waals surface area contributed by atoms with Crippen LogP contribution in [-0.2, 0) is 4.79 Å². The number of amides is 3. The Morgan fingerprint density at radius 1 is 1.19 bits per heavy atom. The number of primary amides is 1. The Morgan fingerprint density at radius 2 is 1.96 bits per heavy atom. The minimum absolute atomic E-state index is 0.142. The Labute approximate surface area is 161 Å². The first-order valence-electron chi connectivity index (χ1n) is 8.76. The van der Waals surface area contributed by atoms with E-state index in [-0.39, 0.29) is 12.3 Å². The number of carbonyl (C=O) groups is 2. The standard InChI is InChI=1S/C19H23N3O2S2/c20-19(24)22-15(16-10-5-11-25-16)12-18(23)21-14-8-3-4-9-17(14)26-13-6-1-2-7-13/h3-5,8-11,13,15H,1-2,6-7,12H2,(H,21,23)(H3,20,22,24). The fourth-order valence-corrected chi connectivity index (χ4v) is 5.24. The molecule has 0 bridgehead atoms. The first kappa shape index (κ1) is 18.8. The number of hydrogen-bond acceptors (Lipinski definition) is 4. The molecule has 1 unspecified atom stereocenters. The van der Waals surface area contributed by atoms with E-state index in [1.165, 1.54) is 37.0 Å². The third-order valence-corrected chi connectivity index (χ3v) is 6.75. The molecule has 0 spiro atoms. The minimum atomic E-state index is -0.631. The summed E-state index contributed by atoms with van der Waals surface area (Å²) in [5.74, 6) is -0.142. The Morgan fingerprint density at radius 3 is 2.65 bits per heavy atom. The van der Waals surface area contributed by atoms with Gasteiger partial charge in [-0.2, -0.15) is 0 Å². The van der Waals surface area contributed by atoms with E-state index in [9.17, 15) is 9.59 Å². The van der Waals surface area contributed by atoms with Gasteiger partial charge >= 0.3 is 6.03 Å². The largest absolute Gasteiger partial charge is 0.352 e. The van der Waals surface area contributed by atoms with Gasteiger partial charge in [-0.25, -0.2) is 4.79 Å². The molecule has 1 aliphatic rings. The van der Waals surface area contributed by atoms with Crippen molar-refractivity contribution < 1.29 is 9.59 Å². The predicted octanol–water partition coefficient (Wildman–Crippen LogP) is 4.52. The van der Waals surface area contributed by atoms with Crippen molar-refractivity contribution in [2.45, 2.75) is 48.3 Å². The van der Waals surface area contributed by atoms with E-state index in [0.717, 1.165) is 15.5 Å². The van der Waals surface area contributed by atoms with Crippen LogP contribution in [0, 0.1) is 0 Å². The van der Waals surface area contributed by atoms with Crippen molar-refractivity contribution in [3.05, 3.63) is 46.7 Å². The number of para-hydroxylation sites is 1. The molecule has 1 aromatic carbocycles. The van der Waals surface area contributed by atoms with E-state index in [4.69, 9.17) is 5.73 Å². The lowest BCUT2D eigenvalue weighted by Crippen LogP contribution is -2.34. The van der Waals surface area contributed by atoms with Crippen LogP contribution in [0.1, 0.15) is 43.0 Å². The molecule has 0 radical (unpaired) electrons. The summed E-state index contributed by atoms with van der Waals surface area (Å²) in [7, 11) is 0. The number of benzene rings is 1. The zero-order valence-electron chi connectivity index (χ0n) is 14.4. The summed E-state index contributed by atoms with van der Waals surface area (Å²) in [6.07, 6.45) is 5.18. The third-order valence-electron chi connectivity index (χ3n) is 4.35. The molecule has 1 heterocycles. The zero-order chi connectivity index (χ0) is 18.4. The molecule has 1 saturated carbocycles. The lowest BCUT2D eigenvalue weighted by atomic mass is 10.1. The Kier molecular flexibility index (Phi) is 6.57. The van der Waals surface area contributed by atoms with Crippen molar-refractivity contribution in [1.29, 1.82) is 0 Å². The molecule has 1 fully saturated rings. The number of rotatable bonds is 7. The maximum Gasteiger partial charge on any atom is 0.312 e. The molecule has 1 atom stereocenters. The molecule has 0 saturated heterocycles. The van der Waals surface area contributed by atoms with E-state index >= 15 is 0 Å². The highest BCUT2D eigenvalue weighted by Gasteiger charge is 2.21. The lowest BCUT2D eigenvalue weighted by Gasteiger charge is -2.17. The molecular weight excluding hydrogens is 366 g/mol. The number of nitrogens with one attached hydrogen (secondary N) is 2. The molecule has 1 aromatic heterocycles. The van der Waals surface area contributed by atoms with Crippen LogP contribution in [0.3, 0.4) is 0 Å². The predicted molar refractivity (Wildman–Crippen MR) is 108 cm³/mol. The van der Waals surface area contributed by atoms with Gasteiger partial charge in [-0.1, -0.05) is 31.0 Å². The van der Waals surface area contributed by atoms with Crippen LogP contribution in [0.15, 0.2) is 46.7 Å². The third kappa shape index (κ3) is 5.25. The summed E-state index contributed by atoms with van der Waals surface area (Å²) < 4.78 is 0. The van der Waals surface area contributed by atoms with Gasteiger partial charge in [-0.05, 0) is 36.4 Å².